The van der Waals surface area contributed by atoms with Crippen molar-refractivity contribution in [3.63, 3.8) is 0 Å². The van der Waals surface area contributed by atoms with Gasteiger partial charge in [0.2, 0.25) is 21.8 Å². The second-order valence-electron chi connectivity index (χ2n) is 18.8. The van der Waals surface area contributed by atoms with E-state index in [1.165, 1.54) is 11.0 Å². The number of rotatable bonds is 14. The van der Waals surface area contributed by atoms with Crippen LogP contribution < -0.4 is 24.8 Å². The van der Waals surface area contributed by atoms with Gasteiger partial charge in [-0.1, -0.05) is 63.2 Å². The number of hydrogen-bond acceptors (Lipinski definition) is 11. The van der Waals surface area contributed by atoms with Crippen molar-refractivity contribution in [3.8, 4) is 22.9 Å². The number of amides is 4. The molecule has 2 aliphatic carbocycles. The maximum atomic E-state index is 14.8. The van der Waals surface area contributed by atoms with Crippen LogP contribution in [0.15, 0.2) is 91.6 Å². The number of fused-ring (bicyclic) bond motifs is 1. The minimum atomic E-state index is -4.18. The van der Waals surface area contributed by atoms with Gasteiger partial charge in [0.25, 0.3) is 5.91 Å². The minimum Gasteiger partial charge on any atom is -0.497 e. The third-order valence-corrected chi connectivity index (χ3v) is 14.0. The third kappa shape index (κ3) is 9.65. The average Bonchev–Trinajstić information content (AvgIpc) is 4.13. The smallest absolute Gasteiger partial charge is 0.408 e. The molecule has 4 aromatic rings. The van der Waals surface area contributed by atoms with Crippen LogP contribution in [0.5, 0.6) is 11.5 Å². The third-order valence-electron chi connectivity index (χ3n) is 11.8. The Morgan fingerprint density at radius 1 is 0.968 bits per heavy atom. The molecule has 5 atom stereocenters. The van der Waals surface area contributed by atoms with Gasteiger partial charge in [0.1, 0.15) is 40.8 Å². The van der Waals surface area contributed by atoms with E-state index in [0.29, 0.717) is 46.6 Å². The SMILES string of the molecule is C=CC1C[C@@]1(NC(=O)[C@@H]1C[C@@H](Oc2cc(-c3ccccn3)nc3cc(OC)ccc23)CN1C(=O)[C@@H](NC(=O)OC(C)(C)C)C(C)(C)C)C(=O)NS(=O)(=O)C1(Cc2ccccc2)CC1. The second-order valence-corrected chi connectivity index (χ2v) is 20.9. The Hall–Kier alpha value is -6.03. The average molecular weight is 881 g/mol. The molecule has 3 heterocycles. The van der Waals surface area contributed by atoms with Crippen LogP contribution in [0, 0.1) is 11.3 Å². The zero-order chi connectivity index (χ0) is 45.5. The Bertz CT molecular complexity index is 2520. The lowest BCUT2D eigenvalue weighted by Gasteiger charge is -2.36. The van der Waals surface area contributed by atoms with Crippen molar-refractivity contribution in [1.82, 2.24) is 30.2 Å². The number of alkyl carbamates (subject to hydrolysis) is 1. The molecule has 1 unspecified atom stereocenters. The maximum absolute atomic E-state index is 14.8. The first-order chi connectivity index (χ1) is 29.7. The molecule has 16 heteroatoms. The number of hydrogen-bond donors (Lipinski definition) is 3. The molecular formula is C47H56N6O9S. The Morgan fingerprint density at radius 3 is 2.29 bits per heavy atom. The highest BCUT2D eigenvalue weighted by molar-refractivity contribution is 7.91. The predicted octanol–water partition coefficient (Wildman–Crippen LogP) is 5.88. The van der Waals surface area contributed by atoms with E-state index in [2.05, 4.69) is 26.9 Å². The Kier molecular flexibility index (Phi) is 12.1. The number of carbonyl (C=O) groups excluding carboxylic acids is 4. The number of likely N-dealkylation sites (tertiary alicyclic amines) is 1. The number of ether oxygens (including phenoxy) is 3. The van der Waals surface area contributed by atoms with Crippen molar-refractivity contribution in [2.24, 2.45) is 11.3 Å². The van der Waals surface area contributed by atoms with Crippen LogP contribution in [-0.4, -0.2) is 94.8 Å². The van der Waals surface area contributed by atoms with Gasteiger partial charge in [-0.25, -0.2) is 18.2 Å². The molecule has 7 rings (SSSR count). The summed E-state index contributed by atoms with van der Waals surface area (Å²) in [6.45, 7) is 14.2. The Morgan fingerprint density at radius 2 is 1.68 bits per heavy atom. The molecule has 1 saturated heterocycles. The molecular weight excluding hydrogens is 825 g/mol. The van der Waals surface area contributed by atoms with Gasteiger partial charge in [0, 0.05) is 36.1 Å². The van der Waals surface area contributed by atoms with Crippen molar-refractivity contribution in [2.45, 2.75) is 108 Å². The van der Waals surface area contributed by atoms with Gasteiger partial charge < -0.3 is 29.7 Å². The standard InChI is InChI=1S/C47H56N6O9S/c1-9-30-27-47(30,42(56)52-63(58,59)46(20-21-46)26-29-15-11-10-12-16-29)51-40(54)37-24-32(28-53(37)41(55)39(44(2,3)4)50-43(57)62-45(5,6)7)61-38-25-36(34-17-13-14-22-48-34)49-35-23-31(60-8)18-19-33(35)38/h9-19,22-23,25,30,32,37,39H,1,20-21,24,26-28H2,2-8H3,(H,50,57)(H,51,54)(H,52,56)/t30?,32-,37+,39-,47+/m1/s1. The van der Waals surface area contributed by atoms with Gasteiger partial charge in [0.15, 0.2) is 0 Å². The Labute approximate surface area is 368 Å². The van der Waals surface area contributed by atoms with Crippen LogP contribution in [-0.2, 0) is 35.6 Å². The van der Waals surface area contributed by atoms with Crippen LogP contribution >= 0.6 is 0 Å². The number of aromatic nitrogens is 2. The molecule has 2 aromatic heterocycles. The topological polar surface area (TPSA) is 195 Å². The fourth-order valence-electron chi connectivity index (χ4n) is 8.15. The molecule has 3 N–H and O–H groups in total. The fourth-order valence-corrected chi connectivity index (χ4v) is 9.79. The molecule has 4 amide bonds. The summed E-state index contributed by atoms with van der Waals surface area (Å²) in [6, 6.07) is 19.4. The fraction of sp³-hybridized carbons (Fsp3) is 0.447. The normalized spacial score (nSPS) is 22.0. The summed E-state index contributed by atoms with van der Waals surface area (Å²) in [5.41, 5.74) is -0.853. The van der Waals surface area contributed by atoms with E-state index in [1.54, 1.807) is 79.1 Å². The lowest BCUT2D eigenvalue weighted by Crippen LogP contribution is -2.60. The number of nitrogens with zero attached hydrogens (tertiary/aromatic N) is 3. The van der Waals surface area contributed by atoms with E-state index in [4.69, 9.17) is 19.2 Å². The van der Waals surface area contributed by atoms with E-state index < -0.39 is 79.2 Å². The van der Waals surface area contributed by atoms with E-state index in [0.717, 1.165) is 5.56 Å². The van der Waals surface area contributed by atoms with Crippen LogP contribution in [0.25, 0.3) is 22.3 Å². The molecule has 2 aromatic carbocycles. The molecule has 0 radical (unpaired) electrons. The van der Waals surface area contributed by atoms with Crippen molar-refractivity contribution in [1.29, 1.82) is 0 Å². The second kappa shape index (κ2) is 16.9. The monoisotopic (exact) mass is 880 g/mol. The minimum absolute atomic E-state index is 0.0191. The van der Waals surface area contributed by atoms with Crippen LogP contribution in [0.1, 0.15) is 72.8 Å². The first kappa shape index (κ1) is 45.0. The first-order valence-corrected chi connectivity index (χ1v) is 22.6. The summed E-state index contributed by atoms with van der Waals surface area (Å²) < 4.78 is 46.7. The number of pyridine rings is 2. The number of sulfonamides is 1. The first-order valence-electron chi connectivity index (χ1n) is 21.1. The zero-order valence-electron chi connectivity index (χ0n) is 36.8. The summed E-state index contributed by atoms with van der Waals surface area (Å²) in [7, 11) is -2.63. The van der Waals surface area contributed by atoms with Crippen LogP contribution in [0.2, 0.25) is 0 Å². The molecule has 1 aliphatic heterocycles. The van der Waals surface area contributed by atoms with Crippen molar-refractivity contribution < 1.29 is 41.8 Å². The lowest BCUT2D eigenvalue weighted by atomic mass is 9.85. The van der Waals surface area contributed by atoms with E-state index in [1.807, 2.05) is 48.5 Å². The van der Waals surface area contributed by atoms with Crippen molar-refractivity contribution in [2.75, 3.05) is 13.7 Å². The van der Waals surface area contributed by atoms with Crippen molar-refractivity contribution in [3.05, 3.63) is 97.2 Å². The maximum Gasteiger partial charge on any atom is 0.408 e. The number of benzene rings is 2. The molecule has 15 nitrogen and oxygen atoms in total. The van der Waals surface area contributed by atoms with Gasteiger partial charge in [-0.3, -0.25) is 24.1 Å². The summed E-state index contributed by atoms with van der Waals surface area (Å²) in [5, 5.41) is 6.25. The van der Waals surface area contributed by atoms with Crippen molar-refractivity contribution >= 4 is 44.7 Å². The number of methoxy groups -OCH3 is 1. The highest BCUT2D eigenvalue weighted by Crippen LogP contribution is 2.49. The number of carbonyl (C=O) groups is 4. The van der Waals surface area contributed by atoms with Gasteiger partial charge in [-0.15, -0.1) is 6.58 Å². The molecule has 3 aliphatic rings. The highest BCUT2D eigenvalue weighted by Gasteiger charge is 2.63. The molecule has 0 bridgehead atoms. The van der Waals surface area contributed by atoms with Gasteiger partial charge in [-0.05, 0) is 81.7 Å². The Balaban J connectivity index is 1.20. The van der Waals surface area contributed by atoms with E-state index >= 15 is 0 Å². The summed E-state index contributed by atoms with van der Waals surface area (Å²) >= 11 is 0. The van der Waals surface area contributed by atoms with Gasteiger partial charge in [0.05, 0.1) is 35.3 Å². The molecule has 2 saturated carbocycles. The predicted molar refractivity (Wildman–Crippen MR) is 237 cm³/mol. The van der Waals surface area contributed by atoms with Crippen LogP contribution in [0.3, 0.4) is 0 Å². The van der Waals surface area contributed by atoms with Gasteiger partial charge >= 0.3 is 6.09 Å². The quantitative estimate of drug-likeness (QED) is 0.128. The molecule has 334 valence electrons. The summed E-state index contributed by atoms with van der Waals surface area (Å²) in [5.74, 6) is -1.73. The van der Waals surface area contributed by atoms with E-state index in [9.17, 15) is 27.6 Å². The molecule has 3 fully saturated rings. The van der Waals surface area contributed by atoms with Crippen LogP contribution in [0.4, 0.5) is 4.79 Å². The largest absolute Gasteiger partial charge is 0.497 e. The molecule has 0 spiro atoms. The lowest BCUT2D eigenvalue weighted by molar-refractivity contribution is -0.143. The number of nitrogens with one attached hydrogen (secondary N) is 3. The highest BCUT2D eigenvalue weighted by atomic mass is 32.2. The van der Waals surface area contributed by atoms with E-state index in [-0.39, 0.29) is 25.8 Å². The zero-order valence-corrected chi connectivity index (χ0v) is 37.6. The summed E-state index contributed by atoms with van der Waals surface area (Å²) in [4.78, 5) is 67.6. The summed E-state index contributed by atoms with van der Waals surface area (Å²) in [6.07, 6.45) is 2.65. The molecule has 63 heavy (non-hydrogen) atoms. The van der Waals surface area contributed by atoms with Gasteiger partial charge in [-0.2, -0.15) is 0 Å².